The van der Waals surface area contributed by atoms with Crippen molar-refractivity contribution >= 4 is 13.6 Å². The highest BCUT2D eigenvalue weighted by Crippen LogP contribution is 2.46. The van der Waals surface area contributed by atoms with Crippen LogP contribution in [0.4, 0.5) is 5.82 Å². The van der Waals surface area contributed by atoms with Crippen LogP contribution in [0.1, 0.15) is 0 Å². The summed E-state index contributed by atoms with van der Waals surface area (Å²) in [5.41, 5.74) is 5.37. The molecule has 92 valence electrons. The average molecular weight is 259 g/mol. The molecule has 0 amide bonds. The SMILES string of the molecule is Nc1ccn(CC2=COP(=O)(O)OC2)c(=O)n1. The molecule has 1 aliphatic rings. The van der Waals surface area contributed by atoms with E-state index in [-0.39, 0.29) is 19.0 Å². The number of hydrogen-bond donors (Lipinski definition) is 2. The van der Waals surface area contributed by atoms with Crippen molar-refractivity contribution in [2.45, 2.75) is 6.54 Å². The van der Waals surface area contributed by atoms with Gasteiger partial charge in [0, 0.05) is 11.8 Å². The van der Waals surface area contributed by atoms with Crippen molar-refractivity contribution in [2.75, 3.05) is 12.3 Å². The van der Waals surface area contributed by atoms with Crippen molar-refractivity contribution in [2.24, 2.45) is 0 Å². The van der Waals surface area contributed by atoms with Gasteiger partial charge in [0.25, 0.3) is 0 Å². The van der Waals surface area contributed by atoms with E-state index in [1.165, 1.54) is 16.8 Å². The minimum Gasteiger partial charge on any atom is -0.412 e. The number of phosphoric acid groups is 1. The van der Waals surface area contributed by atoms with Crippen molar-refractivity contribution < 1.29 is 18.5 Å². The van der Waals surface area contributed by atoms with E-state index in [0.717, 1.165) is 6.26 Å². The molecule has 1 atom stereocenters. The minimum absolute atomic E-state index is 0.0788. The zero-order valence-electron chi connectivity index (χ0n) is 8.65. The van der Waals surface area contributed by atoms with E-state index in [1.807, 2.05) is 0 Å². The first-order valence-electron chi connectivity index (χ1n) is 4.63. The lowest BCUT2D eigenvalue weighted by Gasteiger charge is -2.18. The molecule has 0 radical (unpaired) electrons. The third-order valence-corrected chi connectivity index (χ3v) is 2.86. The standard InChI is InChI=1S/C8H10N3O5P/c9-7-1-2-11(8(12)10-7)3-6-4-15-17(13,14)16-5-6/h1-2,4H,3,5H2,(H,13,14)(H2,9,10,12). The van der Waals surface area contributed by atoms with Gasteiger partial charge < -0.3 is 10.3 Å². The van der Waals surface area contributed by atoms with Crippen molar-refractivity contribution in [1.82, 2.24) is 9.55 Å². The van der Waals surface area contributed by atoms with Crippen molar-refractivity contribution in [1.29, 1.82) is 0 Å². The van der Waals surface area contributed by atoms with Crippen LogP contribution in [-0.2, 0) is 20.2 Å². The Labute approximate surface area is 95.9 Å². The molecular weight excluding hydrogens is 249 g/mol. The van der Waals surface area contributed by atoms with Gasteiger partial charge in [0.2, 0.25) is 0 Å². The Bertz CT molecular complexity index is 567. The summed E-state index contributed by atoms with van der Waals surface area (Å²) < 4.78 is 21.2. The van der Waals surface area contributed by atoms with Crippen molar-refractivity contribution in [3.63, 3.8) is 0 Å². The molecule has 0 aromatic carbocycles. The minimum atomic E-state index is -3.95. The van der Waals surface area contributed by atoms with E-state index >= 15 is 0 Å². The lowest BCUT2D eigenvalue weighted by atomic mass is 10.3. The van der Waals surface area contributed by atoms with Gasteiger partial charge in [-0.2, -0.15) is 4.98 Å². The van der Waals surface area contributed by atoms with Crippen molar-refractivity contribution in [3.8, 4) is 0 Å². The molecule has 0 saturated heterocycles. The maximum absolute atomic E-state index is 11.4. The molecule has 0 bridgehead atoms. The van der Waals surface area contributed by atoms with Gasteiger partial charge in [-0.3, -0.25) is 14.0 Å². The van der Waals surface area contributed by atoms with E-state index in [4.69, 9.17) is 10.6 Å². The van der Waals surface area contributed by atoms with Gasteiger partial charge in [-0.25, -0.2) is 9.36 Å². The summed E-state index contributed by atoms with van der Waals surface area (Å²) in [5.74, 6) is 0.135. The van der Waals surface area contributed by atoms with E-state index in [1.54, 1.807) is 0 Å². The molecule has 1 aromatic heterocycles. The van der Waals surface area contributed by atoms with Crippen LogP contribution in [0.15, 0.2) is 28.9 Å². The van der Waals surface area contributed by atoms with E-state index in [0.29, 0.717) is 5.57 Å². The first kappa shape index (κ1) is 11.8. The lowest BCUT2D eigenvalue weighted by molar-refractivity contribution is 0.178. The Morgan fingerprint density at radius 3 is 3.00 bits per heavy atom. The summed E-state index contributed by atoms with van der Waals surface area (Å²) in [7, 11) is -3.95. The van der Waals surface area contributed by atoms with Gasteiger partial charge in [-0.15, -0.1) is 0 Å². The maximum atomic E-state index is 11.4. The highest BCUT2D eigenvalue weighted by Gasteiger charge is 2.26. The third-order valence-electron chi connectivity index (χ3n) is 2.03. The molecule has 0 fully saturated rings. The average Bonchev–Trinajstić information content (AvgIpc) is 2.25. The second-order valence-electron chi connectivity index (χ2n) is 3.39. The molecule has 17 heavy (non-hydrogen) atoms. The van der Waals surface area contributed by atoms with Gasteiger partial charge in [0.15, 0.2) is 0 Å². The molecule has 1 aromatic rings. The van der Waals surface area contributed by atoms with Gasteiger partial charge in [-0.1, -0.05) is 0 Å². The van der Waals surface area contributed by atoms with Gasteiger partial charge in [0.05, 0.1) is 19.4 Å². The van der Waals surface area contributed by atoms with Crippen LogP contribution >= 0.6 is 7.82 Å². The highest BCUT2D eigenvalue weighted by atomic mass is 31.2. The van der Waals surface area contributed by atoms with Crippen LogP contribution in [0.2, 0.25) is 0 Å². The lowest BCUT2D eigenvalue weighted by Crippen LogP contribution is -2.25. The monoisotopic (exact) mass is 259 g/mol. The predicted molar refractivity (Wildman–Crippen MR) is 57.9 cm³/mol. The van der Waals surface area contributed by atoms with Crippen LogP contribution in [0, 0.1) is 0 Å². The van der Waals surface area contributed by atoms with Gasteiger partial charge >= 0.3 is 13.5 Å². The van der Waals surface area contributed by atoms with Crippen LogP contribution < -0.4 is 11.4 Å². The van der Waals surface area contributed by atoms with Crippen LogP contribution in [0.3, 0.4) is 0 Å². The molecule has 0 aliphatic carbocycles. The predicted octanol–water partition coefficient (Wildman–Crippen LogP) is -0.143. The van der Waals surface area contributed by atoms with Crippen molar-refractivity contribution in [3.05, 3.63) is 34.6 Å². The quantitative estimate of drug-likeness (QED) is 0.709. The van der Waals surface area contributed by atoms with E-state index < -0.39 is 13.5 Å². The summed E-state index contributed by atoms with van der Waals surface area (Å²) in [6.07, 6.45) is 2.59. The number of hydrogen-bond acceptors (Lipinski definition) is 6. The summed E-state index contributed by atoms with van der Waals surface area (Å²) in [6, 6.07) is 1.48. The normalized spacial score (nSPS) is 23.9. The number of phosphoric ester groups is 1. The Hall–Kier alpha value is -1.63. The molecule has 1 unspecified atom stereocenters. The van der Waals surface area contributed by atoms with Gasteiger partial charge in [0.1, 0.15) is 5.82 Å². The molecule has 2 rings (SSSR count). The maximum Gasteiger partial charge on any atom is 0.527 e. The van der Waals surface area contributed by atoms with Crippen LogP contribution in [0.25, 0.3) is 0 Å². The van der Waals surface area contributed by atoms with Gasteiger partial charge in [-0.05, 0) is 6.07 Å². The smallest absolute Gasteiger partial charge is 0.412 e. The Balaban J connectivity index is 2.15. The van der Waals surface area contributed by atoms with E-state index in [2.05, 4.69) is 14.0 Å². The number of nitrogens with zero attached hydrogens (tertiary/aromatic N) is 2. The summed E-state index contributed by atoms with van der Waals surface area (Å²) in [6.45, 7) is 0.0801. The summed E-state index contributed by atoms with van der Waals surface area (Å²) in [5, 5.41) is 0. The summed E-state index contributed by atoms with van der Waals surface area (Å²) in [4.78, 5) is 23.9. The highest BCUT2D eigenvalue weighted by molar-refractivity contribution is 7.47. The second kappa shape index (κ2) is 4.33. The Morgan fingerprint density at radius 2 is 2.41 bits per heavy atom. The number of nitrogens with two attached hydrogens (primary N) is 1. The fourth-order valence-corrected chi connectivity index (χ4v) is 1.91. The van der Waals surface area contributed by atoms with Crippen LogP contribution in [-0.4, -0.2) is 21.1 Å². The molecule has 0 spiro atoms. The molecular formula is C8H10N3O5P. The molecule has 3 N–H and O–H groups in total. The molecule has 1 aliphatic heterocycles. The third kappa shape index (κ3) is 2.94. The number of anilines is 1. The fourth-order valence-electron chi connectivity index (χ4n) is 1.23. The number of nitrogen functional groups attached to an aromatic ring is 1. The number of aromatic nitrogens is 2. The number of rotatable bonds is 2. The first-order valence-corrected chi connectivity index (χ1v) is 6.12. The molecule has 8 nitrogen and oxygen atoms in total. The zero-order valence-corrected chi connectivity index (χ0v) is 9.54. The zero-order chi connectivity index (χ0) is 12.5. The Morgan fingerprint density at radius 1 is 1.65 bits per heavy atom. The fraction of sp³-hybridized carbons (Fsp3) is 0.250. The second-order valence-corrected chi connectivity index (χ2v) is 4.79. The van der Waals surface area contributed by atoms with E-state index in [9.17, 15) is 9.36 Å². The first-order chi connectivity index (χ1) is 7.96. The van der Waals surface area contributed by atoms with Crippen LogP contribution in [0.5, 0.6) is 0 Å². The summed E-state index contributed by atoms with van der Waals surface area (Å²) >= 11 is 0. The molecule has 0 saturated carbocycles. The molecule has 9 heteroatoms. The molecule has 2 heterocycles. The largest absolute Gasteiger partial charge is 0.527 e. The topological polar surface area (TPSA) is 117 Å². The Kier molecular flexibility index (Phi) is 3.01.